The molecule has 4 N–H and O–H groups in total. The minimum absolute atomic E-state index is 0. The molecule has 0 aliphatic heterocycles. The van der Waals surface area contributed by atoms with Crippen molar-refractivity contribution in [3.8, 4) is 0 Å². The monoisotopic (exact) mass is 964 g/mol. The van der Waals surface area contributed by atoms with Gasteiger partial charge in [-0.25, -0.2) is 0 Å². The van der Waals surface area contributed by atoms with Crippen molar-refractivity contribution in [2.24, 2.45) is 21.7 Å². The average molecular weight is 963 g/mol. The minimum atomic E-state index is -4.85. The van der Waals surface area contributed by atoms with Crippen LogP contribution in [0.1, 0.15) is 83.1 Å². The van der Waals surface area contributed by atoms with E-state index < -0.39 is 92.5 Å². The molecular weight excluding hydrogens is 919 g/mol. The SMILES string of the molecule is CC(C)(C)C(=O)/C=C(\O)C(F)(F)F.CC(C)(C)C(=O)/C=C(\O)C(F)(F)F.CC(C)(C)C(=O)/C=C(\O)C(F)(F)F.CC(C)(C)C(=O)/C=C(\O)C(F)(F)F.[Hf]. The molecule has 0 saturated heterocycles. The van der Waals surface area contributed by atoms with Gasteiger partial charge in [0.2, 0.25) is 23.0 Å². The number of carbonyl (C=O) groups is 4. The predicted molar refractivity (Wildman–Crippen MR) is 165 cm³/mol. The summed E-state index contributed by atoms with van der Waals surface area (Å²) in [5.74, 6) is -10.5. The van der Waals surface area contributed by atoms with E-state index in [-0.39, 0.29) is 50.1 Å². The second-order valence-corrected chi connectivity index (χ2v) is 14.6. The van der Waals surface area contributed by atoms with Crippen molar-refractivity contribution in [2.75, 3.05) is 0 Å². The third kappa shape index (κ3) is 29.0. The van der Waals surface area contributed by atoms with Crippen LogP contribution >= 0.6 is 0 Å². The summed E-state index contributed by atoms with van der Waals surface area (Å²) in [6, 6.07) is 0. The molecule has 0 aliphatic rings. The van der Waals surface area contributed by atoms with Crippen molar-refractivity contribution in [1.82, 2.24) is 0 Å². The summed E-state index contributed by atoms with van der Waals surface area (Å²) in [7, 11) is 0. The number of aliphatic hydroxyl groups excluding tert-OH is 4. The van der Waals surface area contributed by atoms with Crippen molar-refractivity contribution in [3.63, 3.8) is 0 Å². The first-order valence-electron chi connectivity index (χ1n) is 14.3. The molecule has 21 heteroatoms. The molecule has 53 heavy (non-hydrogen) atoms. The smallest absolute Gasteiger partial charge is 0.448 e. The van der Waals surface area contributed by atoms with E-state index in [4.69, 9.17) is 20.4 Å². The molecule has 0 aromatic carbocycles. The number of aliphatic hydroxyl groups is 4. The molecule has 0 atom stereocenters. The Hall–Kier alpha value is -3.13. The topological polar surface area (TPSA) is 149 Å². The maximum absolute atomic E-state index is 11.7. The first kappa shape index (κ1) is 59.2. The molecule has 0 heterocycles. The maximum Gasteiger partial charge on any atom is 0.448 e. The predicted octanol–water partition coefficient (Wildman–Crippen LogP) is 10.4. The van der Waals surface area contributed by atoms with Gasteiger partial charge in [-0.15, -0.1) is 0 Å². The fourth-order valence-electron chi connectivity index (χ4n) is 1.69. The summed E-state index contributed by atoms with van der Waals surface area (Å²) in [5, 5.41) is 33.7. The van der Waals surface area contributed by atoms with Crippen molar-refractivity contribution in [2.45, 2.75) is 108 Å². The number of allylic oxidation sites excluding steroid dienone is 8. The van der Waals surface area contributed by atoms with Gasteiger partial charge in [0.15, 0.2) is 23.1 Å². The molecule has 0 aliphatic carbocycles. The van der Waals surface area contributed by atoms with Crippen LogP contribution in [0.3, 0.4) is 0 Å². The van der Waals surface area contributed by atoms with Crippen LogP contribution < -0.4 is 0 Å². The Morgan fingerprint density at radius 1 is 0.321 bits per heavy atom. The van der Waals surface area contributed by atoms with E-state index in [0.29, 0.717) is 0 Å². The molecule has 0 aromatic heterocycles. The standard InChI is InChI=1S/4C8H11F3O2.Hf/c4*1-7(2,3)5(12)4-6(13)8(9,10)11;/h4*4,13H,1-3H3;/b4*6-4-;. The van der Waals surface area contributed by atoms with Gasteiger partial charge in [0.05, 0.1) is 0 Å². The molecule has 0 rings (SSSR count). The van der Waals surface area contributed by atoms with Crippen LogP contribution in [-0.4, -0.2) is 68.3 Å². The maximum atomic E-state index is 11.7. The van der Waals surface area contributed by atoms with Crippen molar-refractivity contribution in [1.29, 1.82) is 0 Å². The average Bonchev–Trinajstić information content (AvgIpc) is 2.85. The molecule has 0 bridgehead atoms. The van der Waals surface area contributed by atoms with Crippen molar-refractivity contribution in [3.05, 3.63) is 47.3 Å². The fraction of sp³-hybridized carbons (Fsp3) is 0.625. The van der Waals surface area contributed by atoms with Gasteiger partial charge in [0.25, 0.3) is 0 Å². The summed E-state index contributed by atoms with van der Waals surface area (Å²) < 4.78 is 141. The fourth-order valence-corrected chi connectivity index (χ4v) is 1.69. The minimum Gasteiger partial charge on any atom is -0.504 e. The second kappa shape index (κ2) is 21.1. The summed E-state index contributed by atoms with van der Waals surface area (Å²) in [4.78, 5) is 43.9. The molecule has 0 fully saturated rings. The molecule has 8 nitrogen and oxygen atoms in total. The van der Waals surface area contributed by atoms with Gasteiger partial charge >= 0.3 is 24.7 Å². The largest absolute Gasteiger partial charge is 0.504 e. The summed E-state index contributed by atoms with van der Waals surface area (Å²) in [6.45, 7) is 17.6. The molecule has 0 aromatic rings. The Morgan fingerprint density at radius 3 is 0.472 bits per heavy atom. The molecule has 308 valence electrons. The Morgan fingerprint density at radius 2 is 0.415 bits per heavy atom. The first-order valence-corrected chi connectivity index (χ1v) is 14.3. The van der Waals surface area contributed by atoms with Crippen LogP contribution in [0.2, 0.25) is 0 Å². The number of halogens is 12. The Kier molecular flexibility index (Phi) is 23.5. The molecule has 0 saturated carbocycles. The van der Waals surface area contributed by atoms with Crippen LogP contribution in [0.4, 0.5) is 52.7 Å². The number of hydrogen-bond acceptors (Lipinski definition) is 8. The van der Waals surface area contributed by atoms with E-state index in [9.17, 15) is 71.9 Å². The summed E-state index contributed by atoms with van der Waals surface area (Å²) in [5.41, 5.74) is -3.67. The third-order valence-corrected chi connectivity index (χ3v) is 5.19. The zero-order valence-corrected chi connectivity index (χ0v) is 34.4. The Balaban J connectivity index is -0.000000192. The quantitative estimate of drug-likeness (QED) is 0.0942. The van der Waals surface area contributed by atoms with E-state index in [1.54, 1.807) is 0 Å². The Labute approximate surface area is 317 Å². The van der Waals surface area contributed by atoms with Gasteiger partial charge in [-0.2, -0.15) is 52.7 Å². The van der Waals surface area contributed by atoms with Crippen LogP contribution in [0.5, 0.6) is 0 Å². The van der Waals surface area contributed by atoms with E-state index in [1.165, 1.54) is 83.1 Å². The zero-order chi connectivity index (χ0) is 43.4. The third-order valence-electron chi connectivity index (χ3n) is 5.19. The first-order chi connectivity index (χ1) is 22.2. The Bertz CT molecular complexity index is 1150. The second-order valence-electron chi connectivity index (χ2n) is 14.6. The molecule has 0 amide bonds. The van der Waals surface area contributed by atoms with Crippen LogP contribution in [0.25, 0.3) is 0 Å². The van der Waals surface area contributed by atoms with Crippen LogP contribution in [0, 0.1) is 21.7 Å². The van der Waals surface area contributed by atoms with Crippen LogP contribution in [-0.2, 0) is 45.0 Å². The zero-order valence-electron chi connectivity index (χ0n) is 30.8. The number of rotatable bonds is 4. The van der Waals surface area contributed by atoms with Gasteiger partial charge in [0, 0.05) is 71.8 Å². The van der Waals surface area contributed by atoms with Crippen LogP contribution in [0.15, 0.2) is 47.3 Å². The summed E-state index contributed by atoms with van der Waals surface area (Å²) in [6.07, 6.45) is -18.6. The molecule has 0 radical (unpaired) electrons. The van der Waals surface area contributed by atoms with Gasteiger partial charge in [-0.3, -0.25) is 19.2 Å². The molecular formula is C32H44F12HfO8. The molecule has 0 unspecified atom stereocenters. The van der Waals surface area contributed by atoms with Gasteiger partial charge in [-0.1, -0.05) is 83.1 Å². The number of hydrogen-bond donors (Lipinski definition) is 4. The van der Waals surface area contributed by atoms with E-state index in [2.05, 4.69) is 0 Å². The van der Waals surface area contributed by atoms with Gasteiger partial charge in [-0.05, 0) is 0 Å². The van der Waals surface area contributed by atoms with E-state index >= 15 is 0 Å². The summed E-state index contributed by atoms with van der Waals surface area (Å²) >= 11 is 0. The molecule has 0 spiro atoms. The van der Waals surface area contributed by atoms with E-state index in [0.717, 1.165) is 0 Å². The normalized spacial score (nSPS) is 14.2. The van der Waals surface area contributed by atoms with Gasteiger partial charge < -0.3 is 20.4 Å². The van der Waals surface area contributed by atoms with Crippen molar-refractivity contribution >= 4 is 23.1 Å². The number of carbonyl (C=O) groups excluding carboxylic acids is 4. The number of alkyl halides is 12. The van der Waals surface area contributed by atoms with E-state index in [1.807, 2.05) is 0 Å². The van der Waals surface area contributed by atoms with Crippen molar-refractivity contribution < 1.29 is 118 Å². The van der Waals surface area contributed by atoms with Gasteiger partial charge in [0.1, 0.15) is 0 Å². The number of ketones is 4.